The molecule has 1 N–H and O–H groups in total. The molecule has 4 aromatic rings. The SMILES string of the molecule is COc1ccc([C@H]2CC(c3c(O)ccc4c(C)cc(=O)oc34)=Nc3ccccc3S2)cc1OC. The highest BCUT2D eigenvalue weighted by atomic mass is 32.2. The molecule has 7 heteroatoms. The number of aryl methyl sites for hydroxylation is 1. The van der Waals surface area contributed by atoms with Crippen molar-refractivity contribution in [3.63, 3.8) is 0 Å². The van der Waals surface area contributed by atoms with Gasteiger partial charge in [0, 0.05) is 28.0 Å². The van der Waals surface area contributed by atoms with Gasteiger partial charge < -0.3 is 19.0 Å². The first-order valence-electron chi connectivity index (χ1n) is 10.8. The third-order valence-corrected chi connectivity index (χ3v) is 7.26. The second-order valence-corrected chi connectivity index (χ2v) is 9.28. The predicted molar refractivity (Wildman–Crippen MR) is 134 cm³/mol. The van der Waals surface area contributed by atoms with E-state index in [2.05, 4.69) is 0 Å². The van der Waals surface area contributed by atoms with E-state index in [1.54, 1.807) is 38.1 Å². The minimum absolute atomic E-state index is 0.0236. The molecule has 1 atom stereocenters. The maximum atomic E-state index is 12.2. The minimum atomic E-state index is -0.461. The molecule has 0 fully saturated rings. The number of methoxy groups -OCH3 is 2. The summed E-state index contributed by atoms with van der Waals surface area (Å²) in [4.78, 5) is 18.2. The average molecular weight is 474 g/mol. The molecule has 0 radical (unpaired) electrons. The molecule has 0 saturated heterocycles. The molecule has 6 nitrogen and oxygen atoms in total. The van der Waals surface area contributed by atoms with Crippen LogP contribution < -0.4 is 15.1 Å². The number of ether oxygens (including phenoxy) is 2. The highest BCUT2D eigenvalue weighted by Gasteiger charge is 2.27. The third kappa shape index (κ3) is 3.92. The lowest BCUT2D eigenvalue weighted by Gasteiger charge is -2.19. The topological polar surface area (TPSA) is 81.3 Å². The van der Waals surface area contributed by atoms with Crippen molar-refractivity contribution in [1.82, 2.24) is 0 Å². The Morgan fingerprint density at radius 3 is 2.62 bits per heavy atom. The van der Waals surface area contributed by atoms with Crippen LogP contribution in [0.15, 0.2) is 79.8 Å². The molecule has 1 aromatic heterocycles. The van der Waals surface area contributed by atoms with Crippen molar-refractivity contribution in [2.45, 2.75) is 23.5 Å². The zero-order valence-corrected chi connectivity index (χ0v) is 19.8. The Kier molecular flexibility index (Phi) is 5.79. The van der Waals surface area contributed by atoms with E-state index in [1.807, 2.05) is 49.4 Å². The number of thioether (sulfide) groups is 1. The van der Waals surface area contributed by atoms with Crippen LogP contribution in [0.5, 0.6) is 17.2 Å². The summed E-state index contributed by atoms with van der Waals surface area (Å²) >= 11 is 1.69. The fourth-order valence-corrected chi connectivity index (χ4v) is 5.48. The number of fused-ring (bicyclic) bond motifs is 2. The number of phenols is 1. The van der Waals surface area contributed by atoms with E-state index in [4.69, 9.17) is 18.9 Å². The van der Waals surface area contributed by atoms with Crippen LogP contribution >= 0.6 is 11.8 Å². The quantitative estimate of drug-likeness (QED) is 0.356. The van der Waals surface area contributed by atoms with Crippen molar-refractivity contribution in [3.8, 4) is 17.2 Å². The number of benzene rings is 3. The first kappa shape index (κ1) is 22.1. The lowest BCUT2D eigenvalue weighted by Crippen LogP contribution is -2.09. The first-order valence-corrected chi connectivity index (χ1v) is 11.7. The van der Waals surface area contributed by atoms with Crippen molar-refractivity contribution in [2.24, 2.45) is 4.99 Å². The molecule has 0 amide bonds. The fourth-order valence-electron chi connectivity index (χ4n) is 4.26. The van der Waals surface area contributed by atoms with Crippen molar-refractivity contribution in [2.75, 3.05) is 14.2 Å². The maximum Gasteiger partial charge on any atom is 0.336 e. The van der Waals surface area contributed by atoms with Crippen LogP contribution in [0, 0.1) is 6.92 Å². The number of para-hydroxylation sites is 1. The van der Waals surface area contributed by atoms with Gasteiger partial charge in [0.25, 0.3) is 0 Å². The van der Waals surface area contributed by atoms with Gasteiger partial charge in [-0.1, -0.05) is 18.2 Å². The third-order valence-electron chi connectivity index (χ3n) is 5.93. The van der Waals surface area contributed by atoms with Gasteiger partial charge in [0.2, 0.25) is 0 Å². The lowest BCUT2D eigenvalue weighted by molar-refractivity contribution is 0.354. The van der Waals surface area contributed by atoms with Crippen LogP contribution in [0.25, 0.3) is 11.0 Å². The van der Waals surface area contributed by atoms with E-state index in [-0.39, 0.29) is 11.0 Å². The zero-order valence-electron chi connectivity index (χ0n) is 19.0. The number of nitrogens with zero attached hydrogens (tertiary/aromatic N) is 1. The van der Waals surface area contributed by atoms with Crippen LogP contribution in [0.4, 0.5) is 5.69 Å². The van der Waals surface area contributed by atoms with Crippen LogP contribution in [0.2, 0.25) is 0 Å². The van der Waals surface area contributed by atoms with Crippen molar-refractivity contribution >= 4 is 34.1 Å². The number of hydrogen-bond acceptors (Lipinski definition) is 7. The van der Waals surface area contributed by atoms with E-state index in [9.17, 15) is 9.90 Å². The summed E-state index contributed by atoms with van der Waals surface area (Å²) in [5.41, 5.74) is 3.60. The van der Waals surface area contributed by atoms with Crippen molar-refractivity contribution < 1.29 is 19.0 Å². The molecule has 0 saturated carbocycles. The van der Waals surface area contributed by atoms with Gasteiger partial charge in [0.1, 0.15) is 5.75 Å². The maximum absolute atomic E-state index is 12.2. The van der Waals surface area contributed by atoms with E-state index < -0.39 is 5.63 Å². The summed E-state index contributed by atoms with van der Waals surface area (Å²) in [7, 11) is 3.22. The molecule has 5 rings (SSSR count). The standard InChI is InChI=1S/C27H23NO5S/c1-15-12-25(30)33-27-17(15)9-10-20(29)26(27)19-14-24(34-23-7-5-4-6-18(23)28-19)16-8-11-21(31-2)22(13-16)32-3/h4-13,24,29H,14H2,1-3H3/t24-/m1/s1. The molecule has 34 heavy (non-hydrogen) atoms. The number of phenolic OH excluding ortho intramolecular Hbond substituents is 1. The van der Waals surface area contributed by atoms with Gasteiger partial charge in [-0.25, -0.2) is 4.79 Å². The number of hydrogen-bond donors (Lipinski definition) is 1. The summed E-state index contributed by atoms with van der Waals surface area (Å²) in [6, 6.07) is 18.6. The largest absolute Gasteiger partial charge is 0.507 e. The van der Waals surface area contributed by atoms with Gasteiger partial charge in [-0.3, -0.25) is 4.99 Å². The number of rotatable bonds is 4. The molecule has 0 spiro atoms. The van der Waals surface area contributed by atoms with E-state index in [1.165, 1.54) is 6.07 Å². The van der Waals surface area contributed by atoms with Crippen LogP contribution in [-0.4, -0.2) is 25.0 Å². The molecular formula is C27H23NO5S. The van der Waals surface area contributed by atoms with Gasteiger partial charge >= 0.3 is 5.63 Å². The smallest absolute Gasteiger partial charge is 0.336 e. The Bertz CT molecular complexity index is 1490. The summed E-state index contributed by atoms with van der Waals surface area (Å²) in [5, 5.41) is 11.6. The van der Waals surface area contributed by atoms with Crippen molar-refractivity contribution in [3.05, 3.63) is 87.8 Å². The van der Waals surface area contributed by atoms with E-state index in [0.717, 1.165) is 27.1 Å². The highest BCUT2D eigenvalue weighted by molar-refractivity contribution is 7.99. The lowest BCUT2D eigenvalue weighted by atomic mass is 9.97. The molecule has 0 aliphatic carbocycles. The van der Waals surface area contributed by atoms with Crippen LogP contribution in [0.3, 0.4) is 0 Å². The summed E-state index contributed by atoms with van der Waals surface area (Å²) in [6.07, 6.45) is 0.499. The summed E-state index contributed by atoms with van der Waals surface area (Å²) < 4.78 is 16.5. The predicted octanol–water partition coefficient (Wildman–Crippen LogP) is 6.18. The van der Waals surface area contributed by atoms with Gasteiger partial charge in [-0.15, -0.1) is 11.8 Å². The molecule has 1 aliphatic heterocycles. The molecular weight excluding hydrogens is 450 g/mol. The first-order chi connectivity index (χ1) is 16.5. The number of aromatic hydroxyl groups is 1. The minimum Gasteiger partial charge on any atom is -0.507 e. The Morgan fingerprint density at radius 2 is 1.82 bits per heavy atom. The molecule has 0 unspecified atom stereocenters. The molecule has 3 aromatic carbocycles. The Balaban J connectivity index is 1.71. The van der Waals surface area contributed by atoms with Gasteiger partial charge in [-0.2, -0.15) is 0 Å². The molecule has 2 heterocycles. The number of aliphatic imine (C=N–C) groups is 1. The zero-order chi connectivity index (χ0) is 23.8. The molecule has 172 valence electrons. The highest BCUT2D eigenvalue weighted by Crippen LogP contribution is 2.48. The van der Waals surface area contributed by atoms with Gasteiger partial charge in [0.15, 0.2) is 17.1 Å². The normalized spacial score (nSPS) is 15.4. The van der Waals surface area contributed by atoms with E-state index >= 15 is 0 Å². The van der Waals surface area contributed by atoms with Crippen LogP contribution in [0.1, 0.15) is 28.4 Å². The summed E-state index contributed by atoms with van der Waals surface area (Å²) in [6.45, 7) is 1.85. The Labute approximate surface area is 200 Å². The van der Waals surface area contributed by atoms with Crippen LogP contribution in [-0.2, 0) is 0 Å². The van der Waals surface area contributed by atoms with Gasteiger partial charge in [-0.05, 0) is 54.4 Å². The Morgan fingerprint density at radius 1 is 1.03 bits per heavy atom. The molecule has 1 aliphatic rings. The second kappa shape index (κ2) is 8.91. The fraction of sp³-hybridized carbons (Fsp3) is 0.185. The Hall–Kier alpha value is -3.71. The summed E-state index contributed by atoms with van der Waals surface area (Å²) in [5.74, 6) is 1.32. The molecule has 0 bridgehead atoms. The van der Waals surface area contributed by atoms with Gasteiger partial charge in [0.05, 0.1) is 31.2 Å². The second-order valence-electron chi connectivity index (χ2n) is 8.04. The van der Waals surface area contributed by atoms with Crippen molar-refractivity contribution in [1.29, 1.82) is 0 Å². The monoisotopic (exact) mass is 473 g/mol. The average Bonchev–Trinajstić information content (AvgIpc) is 3.02. The van der Waals surface area contributed by atoms with E-state index in [0.29, 0.717) is 34.8 Å².